The molecule has 1 atom stereocenters. The average Bonchev–Trinajstić information content (AvgIpc) is 3.10. The Morgan fingerprint density at radius 2 is 2.15 bits per heavy atom. The highest BCUT2D eigenvalue weighted by Gasteiger charge is 2.23. The first-order valence-corrected chi connectivity index (χ1v) is 9.04. The molecule has 1 unspecified atom stereocenters. The summed E-state index contributed by atoms with van der Waals surface area (Å²) in [6.45, 7) is 3.76. The lowest BCUT2D eigenvalue weighted by Gasteiger charge is -2.31. The lowest BCUT2D eigenvalue weighted by Crippen LogP contribution is -2.37. The molecule has 1 aromatic heterocycles. The molecule has 0 amide bonds. The minimum absolute atomic E-state index is 0.0644. The third kappa shape index (κ3) is 4.42. The Morgan fingerprint density at radius 1 is 1.35 bits per heavy atom. The molecule has 26 heavy (non-hydrogen) atoms. The van der Waals surface area contributed by atoms with Gasteiger partial charge in [0.25, 0.3) is 0 Å². The number of nitrogens with one attached hydrogen (secondary N) is 1. The molecular weight excluding hydrogens is 334 g/mol. The van der Waals surface area contributed by atoms with Crippen LogP contribution in [0.4, 0.5) is 5.82 Å². The zero-order chi connectivity index (χ0) is 18.4. The van der Waals surface area contributed by atoms with Crippen molar-refractivity contribution in [3.63, 3.8) is 0 Å². The molecule has 1 aliphatic heterocycles. The summed E-state index contributed by atoms with van der Waals surface area (Å²) in [5.41, 5.74) is 0.753. The standard InChI is InChI=1S/C19H25N3O4/c23-13-14-6-4-10-22(12-14)11-5-9-20-18-16(19(24)25)17(26-21-18)15-7-2-1-3-8-15/h1-3,7-8,14,23H,4-6,9-13H2,(H,20,21)(H,24,25). The minimum Gasteiger partial charge on any atom is -0.477 e. The first-order chi connectivity index (χ1) is 12.7. The molecule has 0 aliphatic carbocycles. The Bertz CT molecular complexity index is 717. The number of aromatic nitrogens is 1. The van der Waals surface area contributed by atoms with Crippen LogP contribution >= 0.6 is 0 Å². The predicted octanol–water partition coefficient (Wildman–Crippen LogP) is 2.55. The summed E-state index contributed by atoms with van der Waals surface area (Å²) in [6.07, 6.45) is 3.07. The maximum atomic E-state index is 11.7. The number of benzene rings is 1. The van der Waals surface area contributed by atoms with E-state index >= 15 is 0 Å². The quantitative estimate of drug-likeness (QED) is 0.623. The lowest BCUT2D eigenvalue weighted by atomic mass is 9.99. The minimum atomic E-state index is -1.06. The fourth-order valence-electron chi connectivity index (χ4n) is 3.41. The fourth-order valence-corrected chi connectivity index (χ4v) is 3.41. The normalized spacial score (nSPS) is 18.0. The SMILES string of the molecule is O=C(O)c1c(NCCCN2CCCC(CO)C2)noc1-c1ccccc1. The van der Waals surface area contributed by atoms with Gasteiger partial charge in [-0.2, -0.15) is 0 Å². The summed E-state index contributed by atoms with van der Waals surface area (Å²) in [4.78, 5) is 14.0. The van der Waals surface area contributed by atoms with Crippen molar-refractivity contribution in [2.24, 2.45) is 5.92 Å². The van der Waals surface area contributed by atoms with Gasteiger partial charge in [-0.05, 0) is 38.3 Å². The first-order valence-electron chi connectivity index (χ1n) is 9.04. The van der Waals surface area contributed by atoms with Crippen molar-refractivity contribution >= 4 is 11.8 Å². The van der Waals surface area contributed by atoms with Crippen molar-refractivity contribution in [2.75, 3.05) is 38.1 Å². The largest absolute Gasteiger partial charge is 0.477 e. The molecule has 1 aromatic carbocycles. The van der Waals surface area contributed by atoms with Crippen molar-refractivity contribution in [3.8, 4) is 11.3 Å². The van der Waals surface area contributed by atoms with Gasteiger partial charge in [-0.3, -0.25) is 0 Å². The number of rotatable bonds is 8. The molecule has 0 saturated carbocycles. The third-order valence-corrected chi connectivity index (χ3v) is 4.75. The number of hydrogen-bond donors (Lipinski definition) is 3. The van der Waals surface area contributed by atoms with Gasteiger partial charge in [0.05, 0.1) is 0 Å². The van der Waals surface area contributed by atoms with Gasteiger partial charge in [0, 0.05) is 25.3 Å². The van der Waals surface area contributed by atoms with E-state index in [1.165, 1.54) is 0 Å². The van der Waals surface area contributed by atoms with Crippen LogP contribution < -0.4 is 5.32 Å². The average molecular weight is 359 g/mol. The van der Waals surface area contributed by atoms with Crippen molar-refractivity contribution in [2.45, 2.75) is 19.3 Å². The van der Waals surface area contributed by atoms with E-state index in [0.29, 0.717) is 18.0 Å². The molecule has 1 fully saturated rings. The van der Waals surface area contributed by atoms with Crippen molar-refractivity contribution in [1.29, 1.82) is 0 Å². The summed E-state index contributed by atoms with van der Waals surface area (Å²) in [6, 6.07) is 9.11. The maximum absolute atomic E-state index is 11.7. The van der Waals surface area contributed by atoms with Crippen LogP contribution in [0.3, 0.4) is 0 Å². The monoisotopic (exact) mass is 359 g/mol. The van der Waals surface area contributed by atoms with Crippen LogP contribution in [0.25, 0.3) is 11.3 Å². The van der Waals surface area contributed by atoms with Gasteiger partial charge < -0.3 is 25.0 Å². The lowest BCUT2D eigenvalue weighted by molar-refractivity contribution is 0.0698. The highest BCUT2D eigenvalue weighted by Crippen LogP contribution is 2.29. The van der Waals surface area contributed by atoms with E-state index in [9.17, 15) is 15.0 Å². The summed E-state index contributed by atoms with van der Waals surface area (Å²) in [7, 11) is 0. The second-order valence-corrected chi connectivity index (χ2v) is 6.68. The molecule has 0 bridgehead atoms. The number of carboxylic acid groups (broad SMARTS) is 1. The second-order valence-electron chi connectivity index (χ2n) is 6.68. The van der Waals surface area contributed by atoms with Gasteiger partial charge in [-0.1, -0.05) is 35.5 Å². The van der Waals surface area contributed by atoms with Crippen molar-refractivity contribution < 1.29 is 19.5 Å². The molecule has 7 nitrogen and oxygen atoms in total. The Morgan fingerprint density at radius 3 is 2.88 bits per heavy atom. The molecule has 0 spiro atoms. The zero-order valence-electron chi connectivity index (χ0n) is 14.7. The molecule has 1 aliphatic rings. The molecule has 2 aromatic rings. The molecule has 3 N–H and O–H groups in total. The topological polar surface area (TPSA) is 98.8 Å². The Hall–Kier alpha value is -2.38. The van der Waals surface area contributed by atoms with Gasteiger partial charge in [0.2, 0.25) is 0 Å². The number of piperidine rings is 1. The first kappa shape index (κ1) is 18.4. The van der Waals surface area contributed by atoms with Crippen molar-refractivity contribution in [3.05, 3.63) is 35.9 Å². The second kappa shape index (κ2) is 8.82. The number of aromatic carboxylic acids is 1. The van der Waals surface area contributed by atoms with Crippen LogP contribution in [0.5, 0.6) is 0 Å². The number of carboxylic acids is 1. The van der Waals surface area contributed by atoms with Crippen molar-refractivity contribution in [1.82, 2.24) is 10.1 Å². The molecule has 140 valence electrons. The van der Waals surface area contributed by atoms with Crippen LogP contribution in [0.1, 0.15) is 29.6 Å². The van der Waals surface area contributed by atoms with E-state index in [2.05, 4.69) is 15.4 Å². The number of aliphatic hydroxyl groups excluding tert-OH is 1. The summed E-state index contributed by atoms with van der Waals surface area (Å²) in [5.74, 6) is -0.153. The number of aliphatic hydroxyl groups is 1. The number of likely N-dealkylation sites (tertiary alicyclic amines) is 1. The van der Waals surface area contributed by atoms with Crippen LogP contribution in [0.2, 0.25) is 0 Å². The van der Waals surface area contributed by atoms with E-state index in [4.69, 9.17) is 4.52 Å². The number of anilines is 1. The summed E-state index contributed by atoms with van der Waals surface area (Å²) >= 11 is 0. The van der Waals surface area contributed by atoms with Gasteiger partial charge in [-0.15, -0.1) is 0 Å². The highest BCUT2D eigenvalue weighted by molar-refractivity contribution is 5.99. The molecular formula is C19H25N3O4. The molecule has 1 saturated heterocycles. The van der Waals surface area contributed by atoms with Crippen LogP contribution in [0, 0.1) is 5.92 Å². The summed E-state index contributed by atoms with van der Waals surface area (Å²) in [5, 5.41) is 25.8. The predicted molar refractivity (Wildman–Crippen MR) is 98.3 cm³/mol. The van der Waals surface area contributed by atoms with E-state index in [0.717, 1.165) is 38.9 Å². The van der Waals surface area contributed by atoms with E-state index < -0.39 is 5.97 Å². The van der Waals surface area contributed by atoms with Gasteiger partial charge in [0.15, 0.2) is 17.1 Å². The van der Waals surface area contributed by atoms with Crippen LogP contribution in [-0.2, 0) is 0 Å². The molecule has 2 heterocycles. The van der Waals surface area contributed by atoms with E-state index in [-0.39, 0.29) is 23.7 Å². The van der Waals surface area contributed by atoms with Gasteiger partial charge in [-0.25, -0.2) is 4.79 Å². The van der Waals surface area contributed by atoms with Gasteiger partial charge >= 0.3 is 5.97 Å². The molecule has 3 rings (SSSR count). The fraction of sp³-hybridized carbons (Fsp3) is 0.474. The van der Waals surface area contributed by atoms with E-state index in [1.54, 1.807) is 12.1 Å². The highest BCUT2D eigenvalue weighted by atomic mass is 16.5. The van der Waals surface area contributed by atoms with E-state index in [1.807, 2.05) is 18.2 Å². The molecule has 0 radical (unpaired) electrons. The number of nitrogens with zero attached hydrogens (tertiary/aromatic N) is 2. The Labute approximate surface area is 152 Å². The maximum Gasteiger partial charge on any atom is 0.343 e. The number of carbonyl (C=O) groups is 1. The number of hydrogen-bond acceptors (Lipinski definition) is 6. The Balaban J connectivity index is 1.57. The zero-order valence-corrected chi connectivity index (χ0v) is 14.7. The molecule has 7 heteroatoms. The van der Waals surface area contributed by atoms with Gasteiger partial charge in [0.1, 0.15) is 0 Å². The summed E-state index contributed by atoms with van der Waals surface area (Å²) < 4.78 is 5.29. The Kier molecular flexibility index (Phi) is 6.25. The van der Waals surface area contributed by atoms with Crippen LogP contribution in [0.15, 0.2) is 34.9 Å². The van der Waals surface area contributed by atoms with Crippen LogP contribution in [-0.4, -0.2) is 59.0 Å². The smallest absolute Gasteiger partial charge is 0.343 e. The third-order valence-electron chi connectivity index (χ3n) is 4.75.